The Bertz CT molecular complexity index is 731. The predicted molar refractivity (Wildman–Crippen MR) is 94.3 cm³/mol. The molecule has 0 spiro atoms. The van der Waals surface area contributed by atoms with Crippen LogP contribution in [-0.4, -0.2) is 53.2 Å². The lowest BCUT2D eigenvalue weighted by Gasteiger charge is -2.48. The Morgan fingerprint density at radius 2 is 1.79 bits per heavy atom. The molecule has 0 unspecified atom stereocenters. The molecule has 3 N–H and O–H groups in total. The van der Waals surface area contributed by atoms with Crippen LogP contribution in [0.15, 0.2) is 18.2 Å². The maximum atomic E-state index is 14.0. The van der Waals surface area contributed by atoms with Crippen molar-refractivity contribution in [3.63, 3.8) is 0 Å². The van der Waals surface area contributed by atoms with Crippen LogP contribution in [0.2, 0.25) is 0 Å². The van der Waals surface area contributed by atoms with E-state index in [1.807, 2.05) is 0 Å². The molecule has 1 aliphatic carbocycles. The van der Waals surface area contributed by atoms with Gasteiger partial charge in [0.1, 0.15) is 0 Å². The zero-order valence-corrected chi connectivity index (χ0v) is 15.6. The van der Waals surface area contributed by atoms with Gasteiger partial charge in [0.2, 0.25) is 0 Å². The first-order chi connectivity index (χ1) is 13.5. The highest BCUT2D eigenvalue weighted by molar-refractivity contribution is 6.27. The molecule has 0 aromatic heterocycles. The maximum absolute atomic E-state index is 14.0. The number of piperazine rings is 1. The number of benzene rings is 1. The average molecular weight is 422 g/mol. The van der Waals surface area contributed by atoms with Crippen molar-refractivity contribution in [2.24, 2.45) is 0 Å². The van der Waals surface area contributed by atoms with Gasteiger partial charge in [-0.3, -0.25) is 0 Å². The number of carboxylic acid groups (broad SMARTS) is 2. The van der Waals surface area contributed by atoms with E-state index in [9.17, 15) is 17.6 Å². The lowest BCUT2D eigenvalue weighted by molar-refractivity contribution is -0.275. The van der Waals surface area contributed by atoms with E-state index in [-0.39, 0.29) is 12.1 Å². The Kier molecular flexibility index (Phi) is 7.28. The Morgan fingerprint density at radius 3 is 2.34 bits per heavy atom. The Balaban J connectivity index is 0.000000438. The third-order valence-corrected chi connectivity index (χ3v) is 4.75. The fourth-order valence-electron chi connectivity index (χ4n) is 3.70. The highest BCUT2D eigenvalue weighted by Crippen LogP contribution is 2.34. The molecule has 162 valence electrons. The molecule has 29 heavy (non-hydrogen) atoms. The summed E-state index contributed by atoms with van der Waals surface area (Å²) >= 11 is 0. The van der Waals surface area contributed by atoms with Gasteiger partial charge in [0.25, 0.3) is 0 Å². The highest BCUT2D eigenvalue weighted by Gasteiger charge is 2.36. The van der Waals surface area contributed by atoms with Gasteiger partial charge in [-0.2, -0.15) is 0 Å². The largest absolute Gasteiger partial charge is 0.573 e. The van der Waals surface area contributed by atoms with Gasteiger partial charge < -0.3 is 25.2 Å². The second-order valence-corrected chi connectivity index (χ2v) is 6.95. The van der Waals surface area contributed by atoms with Crippen molar-refractivity contribution in [2.45, 2.75) is 57.1 Å². The van der Waals surface area contributed by atoms with Crippen molar-refractivity contribution in [1.29, 1.82) is 0 Å². The molecule has 1 heterocycles. The van der Waals surface area contributed by atoms with Crippen molar-refractivity contribution >= 4 is 17.6 Å². The van der Waals surface area contributed by atoms with E-state index in [1.54, 1.807) is 0 Å². The number of alkyl halides is 3. The third-order valence-electron chi connectivity index (χ3n) is 4.75. The second-order valence-electron chi connectivity index (χ2n) is 6.95. The minimum Gasteiger partial charge on any atom is -0.473 e. The fourth-order valence-corrected chi connectivity index (χ4v) is 3.70. The highest BCUT2D eigenvalue weighted by atomic mass is 19.4. The van der Waals surface area contributed by atoms with Gasteiger partial charge in [-0.1, -0.05) is 12.8 Å². The molecule has 1 aromatic rings. The molecule has 0 radical (unpaired) electrons. The molecular formula is C18H22F4N2O5. The van der Waals surface area contributed by atoms with E-state index in [0.29, 0.717) is 18.3 Å². The van der Waals surface area contributed by atoms with Gasteiger partial charge >= 0.3 is 18.3 Å². The monoisotopic (exact) mass is 422 g/mol. The Hall–Kier alpha value is -2.56. The van der Waals surface area contributed by atoms with Crippen LogP contribution in [0.25, 0.3) is 0 Å². The fraction of sp³-hybridized carbons (Fsp3) is 0.556. The number of carboxylic acids is 2. The van der Waals surface area contributed by atoms with E-state index in [2.05, 4.69) is 21.9 Å². The van der Waals surface area contributed by atoms with Crippen LogP contribution in [0.1, 0.15) is 32.6 Å². The van der Waals surface area contributed by atoms with Gasteiger partial charge in [0.15, 0.2) is 11.6 Å². The summed E-state index contributed by atoms with van der Waals surface area (Å²) in [7, 11) is 0. The first-order valence-electron chi connectivity index (χ1n) is 9.02. The molecule has 0 amide bonds. The van der Waals surface area contributed by atoms with Crippen molar-refractivity contribution in [3.8, 4) is 5.75 Å². The van der Waals surface area contributed by atoms with E-state index in [1.165, 1.54) is 12.5 Å². The van der Waals surface area contributed by atoms with Crippen LogP contribution in [0.4, 0.5) is 23.2 Å². The zero-order valence-electron chi connectivity index (χ0n) is 15.6. The van der Waals surface area contributed by atoms with E-state index < -0.39 is 29.9 Å². The molecule has 1 aromatic carbocycles. The number of nitrogens with zero attached hydrogens (tertiary/aromatic N) is 1. The smallest absolute Gasteiger partial charge is 0.473 e. The summed E-state index contributed by atoms with van der Waals surface area (Å²) in [5.74, 6) is -5.42. The summed E-state index contributed by atoms with van der Waals surface area (Å²) in [6.07, 6.45) is -0.524. The average Bonchev–Trinajstić information content (AvgIpc) is 2.62. The van der Waals surface area contributed by atoms with E-state index in [4.69, 9.17) is 19.8 Å². The van der Waals surface area contributed by atoms with Crippen LogP contribution in [-0.2, 0) is 9.59 Å². The number of carbonyl (C=O) groups is 2. The molecule has 1 saturated carbocycles. The summed E-state index contributed by atoms with van der Waals surface area (Å²) in [6, 6.07) is 4.57. The molecule has 1 aliphatic heterocycles. The number of halogens is 4. The molecule has 7 nitrogen and oxygen atoms in total. The van der Waals surface area contributed by atoms with Gasteiger partial charge in [-0.25, -0.2) is 14.0 Å². The molecule has 11 heteroatoms. The maximum Gasteiger partial charge on any atom is 0.573 e. The first-order valence-corrected chi connectivity index (χ1v) is 9.02. The summed E-state index contributed by atoms with van der Waals surface area (Å²) in [5.41, 5.74) is 0.613. The van der Waals surface area contributed by atoms with Crippen LogP contribution in [0.3, 0.4) is 0 Å². The van der Waals surface area contributed by atoms with Crippen LogP contribution in [0.5, 0.6) is 5.75 Å². The van der Waals surface area contributed by atoms with Crippen molar-refractivity contribution in [3.05, 3.63) is 24.0 Å². The number of hydrogen-bond donors (Lipinski definition) is 3. The third kappa shape index (κ3) is 6.48. The molecule has 2 fully saturated rings. The summed E-state index contributed by atoms with van der Waals surface area (Å²) in [5, 5.41) is 18.3. The number of anilines is 1. The summed E-state index contributed by atoms with van der Waals surface area (Å²) < 4.78 is 54.4. The first kappa shape index (κ1) is 22.7. The molecule has 2 aliphatic rings. The number of ether oxygens (including phenoxy) is 1. The minimum absolute atomic E-state index is 0.253. The topological polar surface area (TPSA) is 99.1 Å². The Morgan fingerprint density at radius 1 is 1.17 bits per heavy atom. The summed E-state index contributed by atoms with van der Waals surface area (Å²) in [4.78, 5) is 20.3. The SMILES string of the molecule is C[C@H]1CN(c2ccc(OC(F)(F)F)c(F)c2)[C@@H]2CCCC[C@H]2N1.O=C(O)C(=O)O. The predicted octanol–water partition coefficient (Wildman–Crippen LogP) is 2.99. The second kappa shape index (κ2) is 9.29. The summed E-state index contributed by atoms with van der Waals surface area (Å²) in [6.45, 7) is 2.77. The van der Waals surface area contributed by atoms with Gasteiger partial charge in [-0.15, -0.1) is 13.2 Å². The standard InChI is InChI=1S/C16H20F4N2O.C2H2O4/c1-10-9-22(14-5-3-2-4-13(14)21-10)11-6-7-15(12(17)8-11)23-16(18,19)20;3-1(4)2(5)6/h6-8,10,13-14,21H,2-5,9H2,1H3;(H,3,4)(H,5,6)/t10-,13+,14+;/m0./s1. The van der Waals surface area contributed by atoms with Crippen molar-refractivity contribution in [2.75, 3.05) is 11.4 Å². The van der Waals surface area contributed by atoms with E-state index in [0.717, 1.165) is 31.4 Å². The quantitative estimate of drug-likeness (QED) is 0.498. The lowest BCUT2D eigenvalue weighted by atomic mass is 9.86. The van der Waals surface area contributed by atoms with Crippen molar-refractivity contribution < 1.29 is 42.1 Å². The number of rotatable bonds is 2. The van der Waals surface area contributed by atoms with Gasteiger partial charge in [0.05, 0.1) is 0 Å². The number of nitrogens with one attached hydrogen (secondary N) is 1. The minimum atomic E-state index is -4.89. The zero-order chi connectivity index (χ0) is 21.8. The molecule has 0 bridgehead atoms. The lowest BCUT2D eigenvalue weighted by Crippen LogP contribution is -2.62. The van der Waals surface area contributed by atoms with Crippen LogP contribution in [0, 0.1) is 5.82 Å². The van der Waals surface area contributed by atoms with Crippen LogP contribution >= 0.6 is 0 Å². The normalized spacial score (nSPS) is 24.0. The number of aliphatic carboxylic acids is 2. The van der Waals surface area contributed by atoms with Gasteiger partial charge in [0, 0.05) is 36.4 Å². The molecule has 3 rings (SSSR count). The number of hydrogen-bond acceptors (Lipinski definition) is 5. The molecule has 3 atom stereocenters. The molecular weight excluding hydrogens is 400 g/mol. The molecule has 1 saturated heterocycles. The Labute approximate surface area is 164 Å². The van der Waals surface area contributed by atoms with Gasteiger partial charge in [-0.05, 0) is 31.9 Å². The van der Waals surface area contributed by atoms with Crippen molar-refractivity contribution in [1.82, 2.24) is 5.32 Å². The van der Waals surface area contributed by atoms with E-state index >= 15 is 0 Å². The number of fused-ring (bicyclic) bond motifs is 1. The van der Waals surface area contributed by atoms with Crippen LogP contribution < -0.4 is 15.0 Å².